The minimum atomic E-state index is -2.39. The van der Waals surface area contributed by atoms with Gasteiger partial charge < -0.3 is 29.3 Å². The summed E-state index contributed by atoms with van der Waals surface area (Å²) in [7, 11) is 6.16. The lowest BCUT2D eigenvalue weighted by molar-refractivity contribution is -0.150. The Labute approximate surface area is 289 Å². The Kier molecular flexibility index (Phi) is 14.1. The normalized spacial score (nSPS) is 22.5. The molecule has 282 valence electrons. The quantitative estimate of drug-likeness (QED) is 0.0957. The van der Waals surface area contributed by atoms with Crippen molar-refractivity contribution in [3.8, 4) is 5.75 Å². The number of likely N-dealkylation sites (N-methyl/N-ethyl adjacent to an activating group) is 2. The molecule has 2 fully saturated rings. The van der Waals surface area contributed by atoms with Gasteiger partial charge >= 0.3 is 5.97 Å². The van der Waals surface area contributed by atoms with Gasteiger partial charge in [0, 0.05) is 27.8 Å². The second-order valence-corrected chi connectivity index (χ2v) is 13.4. The van der Waals surface area contributed by atoms with E-state index in [2.05, 4.69) is 10.1 Å². The zero-order valence-electron chi connectivity index (χ0n) is 29.9. The molecule has 2 heterocycles. The zero-order valence-corrected chi connectivity index (χ0v) is 29.9. The number of likely N-dealkylation sites (tertiary alicyclic amines) is 2. The molecule has 0 aromatic heterocycles. The molecule has 50 heavy (non-hydrogen) atoms. The number of hydrogen-bond donors (Lipinski definition) is 1. The van der Waals surface area contributed by atoms with E-state index in [4.69, 9.17) is 9.47 Å². The Morgan fingerprint density at radius 1 is 0.960 bits per heavy atom. The molecule has 3 rings (SSSR count). The molecule has 0 saturated carbocycles. The maximum atomic E-state index is 14.2. The lowest BCUT2D eigenvalue weighted by Gasteiger charge is -2.39. The van der Waals surface area contributed by atoms with Crippen molar-refractivity contribution in [1.29, 1.82) is 0 Å². The van der Waals surface area contributed by atoms with E-state index in [1.54, 1.807) is 7.05 Å². The monoisotopic (exact) mass is 720 g/mol. The zero-order chi connectivity index (χ0) is 37.7. The van der Waals surface area contributed by atoms with Crippen molar-refractivity contribution >= 4 is 23.7 Å². The van der Waals surface area contributed by atoms with Crippen LogP contribution in [0, 0.1) is 40.9 Å². The van der Waals surface area contributed by atoms with E-state index in [0.717, 1.165) is 13.0 Å². The van der Waals surface area contributed by atoms with Gasteiger partial charge in [-0.15, -0.1) is 0 Å². The second kappa shape index (κ2) is 17.2. The number of benzene rings is 1. The second-order valence-electron chi connectivity index (χ2n) is 13.4. The Bertz CT molecular complexity index is 1390. The molecular formula is C34H49F5N4O7. The van der Waals surface area contributed by atoms with Crippen molar-refractivity contribution in [2.45, 2.75) is 96.1 Å². The molecule has 7 atom stereocenters. The summed E-state index contributed by atoms with van der Waals surface area (Å²) in [4.78, 5) is 58.2. The van der Waals surface area contributed by atoms with Crippen LogP contribution in [0.4, 0.5) is 22.0 Å². The van der Waals surface area contributed by atoms with Crippen LogP contribution in [-0.2, 0) is 28.7 Å². The third-order valence-corrected chi connectivity index (χ3v) is 10.5. The summed E-state index contributed by atoms with van der Waals surface area (Å²) in [6.45, 7) is 7.83. The fourth-order valence-corrected chi connectivity index (χ4v) is 7.03. The maximum absolute atomic E-state index is 14.2. The van der Waals surface area contributed by atoms with Crippen molar-refractivity contribution in [2.24, 2.45) is 11.8 Å². The molecule has 1 N–H and O–H groups in total. The number of carbonyl (C=O) groups is 4. The first-order valence-electron chi connectivity index (χ1n) is 16.8. The van der Waals surface area contributed by atoms with Crippen molar-refractivity contribution in [2.75, 3.05) is 47.9 Å². The molecule has 0 bridgehead atoms. The number of methoxy groups -OCH3 is 2. The van der Waals surface area contributed by atoms with Crippen LogP contribution in [-0.4, -0.2) is 116 Å². The van der Waals surface area contributed by atoms with Gasteiger partial charge in [-0.2, -0.15) is 8.78 Å². The highest BCUT2D eigenvalue weighted by atomic mass is 19.2. The van der Waals surface area contributed by atoms with E-state index in [1.807, 2.05) is 32.7 Å². The predicted molar refractivity (Wildman–Crippen MR) is 171 cm³/mol. The van der Waals surface area contributed by atoms with Gasteiger partial charge in [0.1, 0.15) is 0 Å². The van der Waals surface area contributed by atoms with Crippen molar-refractivity contribution in [3.63, 3.8) is 0 Å². The molecule has 1 aromatic carbocycles. The van der Waals surface area contributed by atoms with Crippen LogP contribution in [0.25, 0.3) is 0 Å². The molecule has 2 aliphatic heterocycles. The minimum absolute atomic E-state index is 0.117. The van der Waals surface area contributed by atoms with Crippen LogP contribution >= 0.6 is 0 Å². The summed E-state index contributed by atoms with van der Waals surface area (Å²) >= 11 is 0. The summed E-state index contributed by atoms with van der Waals surface area (Å²) in [5.74, 6) is -17.0. The van der Waals surface area contributed by atoms with Crippen molar-refractivity contribution in [1.82, 2.24) is 20.0 Å². The van der Waals surface area contributed by atoms with Gasteiger partial charge in [0.25, 0.3) is 0 Å². The van der Waals surface area contributed by atoms with Crippen LogP contribution in [0.2, 0.25) is 0 Å². The number of esters is 1. The van der Waals surface area contributed by atoms with E-state index in [9.17, 15) is 41.1 Å². The molecular weight excluding hydrogens is 671 g/mol. The lowest BCUT2D eigenvalue weighted by atomic mass is 9.90. The molecule has 0 radical (unpaired) electrons. The van der Waals surface area contributed by atoms with Crippen LogP contribution in [0.1, 0.15) is 66.2 Å². The number of rotatable bonds is 15. The summed E-state index contributed by atoms with van der Waals surface area (Å²) in [6, 6.07) is -1.27. The highest BCUT2D eigenvalue weighted by Crippen LogP contribution is 2.33. The molecule has 1 aromatic rings. The van der Waals surface area contributed by atoms with Crippen LogP contribution in [0.5, 0.6) is 5.75 Å². The summed E-state index contributed by atoms with van der Waals surface area (Å²) < 4.78 is 85.3. The molecule has 7 unspecified atom stereocenters. The molecule has 2 aliphatic rings. The maximum Gasteiger partial charge on any atom is 0.316 e. The largest absolute Gasteiger partial charge is 0.420 e. The topological polar surface area (TPSA) is 118 Å². The van der Waals surface area contributed by atoms with Crippen molar-refractivity contribution < 1.29 is 55.3 Å². The summed E-state index contributed by atoms with van der Waals surface area (Å²) in [5.41, 5.74) is -0.708. The minimum Gasteiger partial charge on any atom is -0.420 e. The van der Waals surface area contributed by atoms with Gasteiger partial charge in [0.05, 0.1) is 48.7 Å². The molecule has 3 amide bonds. The highest BCUT2D eigenvalue weighted by Gasteiger charge is 2.44. The Morgan fingerprint density at radius 3 is 2.08 bits per heavy atom. The van der Waals surface area contributed by atoms with Gasteiger partial charge in [-0.05, 0) is 59.0 Å². The predicted octanol–water partition coefficient (Wildman–Crippen LogP) is 3.81. The molecule has 16 heteroatoms. The third-order valence-electron chi connectivity index (χ3n) is 10.5. The average Bonchev–Trinajstić information content (AvgIpc) is 3.73. The number of nitrogens with zero attached hydrogens (tertiary/aromatic N) is 3. The summed E-state index contributed by atoms with van der Waals surface area (Å²) in [6.07, 6.45) is 1.10. The van der Waals surface area contributed by atoms with E-state index in [1.165, 1.54) is 30.9 Å². The number of hydrogen-bond acceptors (Lipinski definition) is 8. The Hall–Kier alpha value is -3.37. The standard InChI is InChI=1S/C34H49F5N4O7/c1-9-18(2)29(42(6)23(45)17-40-33(47)34(4)13-11-14-41(34)5)21(48-7)16-22(44)43-15-10-12-20(43)30(49-8)19(3)32(46)50-31-27(38)25(36)24(35)26(37)28(31)39/h18-21,29-30H,9-17H2,1-8H3,(H,40,47). The van der Waals surface area contributed by atoms with Gasteiger partial charge in [-0.1, -0.05) is 20.3 Å². The van der Waals surface area contributed by atoms with E-state index < -0.39 is 76.6 Å². The van der Waals surface area contributed by atoms with Crippen LogP contribution < -0.4 is 10.1 Å². The molecule has 0 aliphatic carbocycles. The molecule has 2 saturated heterocycles. The van der Waals surface area contributed by atoms with E-state index >= 15 is 0 Å². The number of amides is 3. The number of nitrogens with one attached hydrogen (secondary N) is 1. The Morgan fingerprint density at radius 2 is 1.56 bits per heavy atom. The number of carbonyl (C=O) groups excluding carboxylic acids is 4. The Balaban J connectivity index is 1.74. The smallest absolute Gasteiger partial charge is 0.316 e. The van der Waals surface area contributed by atoms with Crippen LogP contribution in [0.3, 0.4) is 0 Å². The van der Waals surface area contributed by atoms with Gasteiger partial charge in [-0.25, -0.2) is 13.2 Å². The molecule has 11 nitrogen and oxygen atoms in total. The SMILES string of the molecule is CCC(C)C(C(CC(=O)N1CCCC1C(OC)C(C)C(=O)Oc1c(F)c(F)c(F)c(F)c1F)OC)N(C)C(=O)CNC(=O)C1(C)CCCN1C. The van der Waals surface area contributed by atoms with E-state index in [0.29, 0.717) is 25.7 Å². The highest BCUT2D eigenvalue weighted by molar-refractivity contribution is 5.90. The fourth-order valence-electron chi connectivity index (χ4n) is 7.03. The number of ether oxygens (including phenoxy) is 3. The van der Waals surface area contributed by atoms with Crippen molar-refractivity contribution in [3.05, 3.63) is 29.1 Å². The first kappa shape index (κ1) is 41.1. The fraction of sp³-hybridized carbons (Fsp3) is 0.706. The van der Waals surface area contributed by atoms with Gasteiger partial charge in [0.15, 0.2) is 0 Å². The average molecular weight is 721 g/mol. The molecule has 0 spiro atoms. The van der Waals surface area contributed by atoms with E-state index in [-0.39, 0.29) is 43.1 Å². The van der Waals surface area contributed by atoms with Gasteiger partial charge in [-0.3, -0.25) is 24.1 Å². The first-order valence-corrected chi connectivity index (χ1v) is 16.8. The first-order chi connectivity index (χ1) is 23.5. The number of halogens is 5. The summed E-state index contributed by atoms with van der Waals surface area (Å²) in [5, 5.41) is 2.77. The third kappa shape index (κ3) is 8.39. The lowest BCUT2D eigenvalue weighted by Crippen LogP contribution is -2.56. The van der Waals surface area contributed by atoms with Gasteiger partial charge in [0.2, 0.25) is 52.6 Å². The van der Waals surface area contributed by atoms with Crippen LogP contribution in [0.15, 0.2) is 0 Å².